The molecule has 0 aromatic carbocycles. The number of hydrogen-bond acceptors (Lipinski definition) is 5. The van der Waals surface area contributed by atoms with Gasteiger partial charge in [-0.3, -0.25) is 0 Å². The van der Waals surface area contributed by atoms with Crippen LogP contribution in [0.1, 0.15) is 6.92 Å². The van der Waals surface area contributed by atoms with Crippen LogP contribution in [0.5, 0.6) is 0 Å². The van der Waals surface area contributed by atoms with Crippen LogP contribution in [0.4, 0.5) is 0 Å². The molecule has 0 aliphatic carbocycles. The summed E-state index contributed by atoms with van der Waals surface area (Å²) in [4.78, 5) is 0. The van der Waals surface area contributed by atoms with E-state index in [1.165, 1.54) is 0 Å². The first-order chi connectivity index (χ1) is 5.57. The molecule has 1 aliphatic rings. The molecule has 1 heterocycles. The van der Waals surface area contributed by atoms with Gasteiger partial charge in [-0.05, 0) is 6.92 Å². The molecule has 5 nitrogen and oxygen atoms in total. The molecule has 1 aliphatic heterocycles. The summed E-state index contributed by atoms with van der Waals surface area (Å²) in [6, 6.07) is 0. The van der Waals surface area contributed by atoms with Crippen molar-refractivity contribution in [2.75, 3.05) is 6.61 Å². The summed E-state index contributed by atoms with van der Waals surface area (Å²) in [6.07, 6.45) is -4.94. The molecule has 0 amide bonds. The van der Waals surface area contributed by atoms with E-state index >= 15 is 0 Å². The van der Waals surface area contributed by atoms with Gasteiger partial charge in [0.1, 0.15) is 24.4 Å². The predicted octanol–water partition coefficient (Wildman–Crippen LogP) is -2.15. The molecule has 1 fully saturated rings. The van der Waals surface area contributed by atoms with Gasteiger partial charge >= 0.3 is 0 Å². The Kier molecular flexibility index (Phi) is 3.03. The van der Waals surface area contributed by atoms with E-state index in [9.17, 15) is 15.3 Å². The Labute approximate surface area is 70.2 Å². The normalized spacial score (nSPS) is 49.2. The smallest absolute Gasteiger partial charge is 0.111 e. The zero-order valence-electron chi connectivity index (χ0n) is 6.79. The summed E-state index contributed by atoms with van der Waals surface area (Å²) >= 11 is 0. The number of aliphatic hydroxyl groups excluding tert-OH is 4. The minimum Gasteiger partial charge on any atom is -0.394 e. The standard InChI is InChI=1S/C7H14O5/c1-3-5(9)7(11)6(10)4(2-8)12-3/h3-11H,2H2,1H3/t3-,4?,5-,6-,7+/m0/s1. The average molecular weight is 178 g/mol. The summed E-state index contributed by atoms with van der Waals surface area (Å²) < 4.78 is 5.02. The highest BCUT2D eigenvalue weighted by Gasteiger charge is 2.41. The van der Waals surface area contributed by atoms with Crippen molar-refractivity contribution in [3.05, 3.63) is 0 Å². The van der Waals surface area contributed by atoms with Gasteiger partial charge in [0.25, 0.3) is 0 Å². The van der Waals surface area contributed by atoms with Crippen LogP contribution in [0.15, 0.2) is 0 Å². The summed E-state index contributed by atoms with van der Waals surface area (Å²) in [7, 11) is 0. The van der Waals surface area contributed by atoms with Crippen LogP contribution in [-0.4, -0.2) is 57.6 Å². The fourth-order valence-corrected chi connectivity index (χ4v) is 1.29. The van der Waals surface area contributed by atoms with E-state index in [1.807, 2.05) is 0 Å². The van der Waals surface area contributed by atoms with Crippen LogP contribution >= 0.6 is 0 Å². The first-order valence-corrected chi connectivity index (χ1v) is 3.88. The third-order valence-electron chi connectivity index (χ3n) is 2.13. The van der Waals surface area contributed by atoms with Crippen molar-refractivity contribution in [3.63, 3.8) is 0 Å². The van der Waals surface area contributed by atoms with Crippen molar-refractivity contribution in [1.82, 2.24) is 0 Å². The Morgan fingerprint density at radius 2 is 1.67 bits per heavy atom. The lowest BCUT2D eigenvalue weighted by Crippen LogP contribution is -2.57. The van der Waals surface area contributed by atoms with Gasteiger partial charge < -0.3 is 25.2 Å². The minimum absolute atomic E-state index is 0.366. The Morgan fingerprint density at radius 3 is 2.17 bits per heavy atom. The summed E-state index contributed by atoms with van der Waals surface area (Å²) in [5.41, 5.74) is 0. The Balaban J connectivity index is 2.63. The van der Waals surface area contributed by atoms with Gasteiger partial charge in [0.15, 0.2) is 0 Å². The summed E-state index contributed by atoms with van der Waals surface area (Å²) in [6.45, 7) is 1.21. The van der Waals surface area contributed by atoms with Gasteiger partial charge in [-0.15, -0.1) is 0 Å². The van der Waals surface area contributed by atoms with E-state index in [-0.39, 0.29) is 6.61 Å². The molecule has 0 spiro atoms. The van der Waals surface area contributed by atoms with E-state index in [1.54, 1.807) is 6.92 Å². The van der Waals surface area contributed by atoms with Crippen molar-refractivity contribution in [2.24, 2.45) is 0 Å². The van der Waals surface area contributed by atoms with Gasteiger partial charge in [0.05, 0.1) is 12.7 Å². The van der Waals surface area contributed by atoms with Crippen molar-refractivity contribution < 1.29 is 25.2 Å². The molecule has 1 unspecified atom stereocenters. The van der Waals surface area contributed by atoms with E-state index in [2.05, 4.69) is 0 Å². The van der Waals surface area contributed by atoms with Gasteiger partial charge in [0.2, 0.25) is 0 Å². The molecule has 0 aromatic heterocycles. The molecule has 5 heteroatoms. The molecule has 4 N–H and O–H groups in total. The van der Waals surface area contributed by atoms with Crippen LogP contribution in [0.2, 0.25) is 0 Å². The van der Waals surface area contributed by atoms with Crippen LogP contribution in [0.3, 0.4) is 0 Å². The van der Waals surface area contributed by atoms with Gasteiger partial charge in [-0.1, -0.05) is 0 Å². The van der Waals surface area contributed by atoms with Crippen LogP contribution < -0.4 is 0 Å². The lowest BCUT2D eigenvalue weighted by molar-refractivity contribution is -0.224. The third-order valence-corrected chi connectivity index (χ3v) is 2.13. The van der Waals surface area contributed by atoms with E-state index in [0.29, 0.717) is 0 Å². The van der Waals surface area contributed by atoms with E-state index in [4.69, 9.17) is 9.84 Å². The highest BCUT2D eigenvalue weighted by molar-refractivity contribution is 4.89. The summed E-state index contributed by atoms with van der Waals surface area (Å²) in [5.74, 6) is 0. The fourth-order valence-electron chi connectivity index (χ4n) is 1.29. The molecule has 72 valence electrons. The monoisotopic (exact) mass is 178 g/mol. The molecule has 0 radical (unpaired) electrons. The second-order valence-electron chi connectivity index (χ2n) is 3.03. The Morgan fingerprint density at radius 1 is 1.08 bits per heavy atom. The van der Waals surface area contributed by atoms with Crippen molar-refractivity contribution in [3.8, 4) is 0 Å². The molecule has 0 aromatic rings. The molecule has 1 rings (SSSR count). The third kappa shape index (κ3) is 1.60. The van der Waals surface area contributed by atoms with E-state index in [0.717, 1.165) is 0 Å². The zero-order valence-corrected chi connectivity index (χ0v) is 6.79. The quantitative estimate of drug-likeness (QED) is 0.367. The largest absolute Gasteiger partial charge is 0.394 e. The molecule has 0 bridgehead atoms. The molecule has 12 heavy (non-hydrogen) atoms. The minimum atomic E-state index is -1.24. The SMILES string of the molecule is C[C@@H]1OC(CO)[C@H](O)[C@H](O)[C@H]1O. The Hall–Kier alpha value is -0.200. The molecular weight excluding hydrogens is 164 g/mol. The lowest BCUT2D eigenvalue weighted by atomic mass is 9.96. The average Bonchev–Trinajstić information content (AvgIpc) is 2.08. The zero-order chi connectivity index (χ0) is 9.30. The molecule has 5 atom stereocenters. The maximum absolute atomic E-state index is 9.23. The Bertz CT molecular complexity index is 146. The fraction of sp³-hybridized carbons (Fsp3) is 1.00. The van der Waals surface area contributed by atoms with Crippen LogP contribution in [0, 0.1) is 0 Å². The van der Waals surface area contributed by atoms with Crippen LogP contribution in [0.25, 0.3) is 0 Å². The number of ether oxygens (including phenoxy) is 1. The number of rotatable bonds is 1. The first kappa shape index (κ1) is 9.88. The highest BCUT2D eigenvalue weighted by atomic mass is 16.5. The van der Waals surface area contributed by atoms with Crippen molar-refractivity contribution >= 4 is 0 Å². The number of aliphatic hydroxyl groups is 4. The second-order valence-corrected chi connectivity index (χ2v) is 3.03. The van der Waals surface area contributed by atoms with Crippen molar-refractivity contribution in [2.45, 2.75) is 37.4 Å². The lowest BCUT2D eigenvalue weighted by Gasteiger charge is -2.38. The van der Waals surface area contributed by atoms with Gasteiger partial charge in [0, 0.05) is 0 Å². The molecule has 0 saturated carbocycles. The second kappa shape index (κ2) is 3.68. The predicted molar refractivity (Wildman–Crippen MR) is 39.4 cm³/mol. The maximum Gasteiger partial charge on any atom is 0.111 e. The first-order valence-electron chi connectivity index (χ1n) is 3.88. The molecular formula is C7H14O5. The van der Waals surface area contributed by atoms with Gasteiger partial charge in [-0.2, -0.15) is 0 Å². The van der Waals surface area contributed by atoms with Crippen LogP contribution in [-0.2, 0) is 4.74 Å². The maximum atomic E-state index is 9.23. The summed E-state index contributed by atoms with van der Waals surface area (Å²) in [5, 5.41) is 36.4. The highest BCUT2D eigenvalue weighted by Crippen LogP contribution is 2.20. The van der Waals surface area contributed by atoms with Crippen molar-refractivity contribution in [1.29, 1.82) is 0 Å². The number of hydrogen-bond donors (Lipinski definition) is 4. The molecule has 1 saturated heterocycles. The van der Waals surface area contributed by atoms with E-state index < -0.39 is 30.5 Å². The topological polar surface area (TPSA) is 90.2 Å². The van der Waals surface area contributed by atoms with Gasteiger partial charge in [-0.25, -0.2) is 0 Å².